The highest BCUT2D eigenvalue weighted by atomic mass is 16.3. The van der Waals surface area contributed by atoms with Gasteiger partial charge in [0.2, 0.25) is 11.4 Å². The maximum atomic E-state index is 9.00. The van der Waals surface area contributed by atoms with Crippen molar-refractivity contribution in [1.29, 1.82) is 0 Å². The summed E-state index contributed by atoms with van der Waals surface area (Å²) in [7, 11) is 2.04. The number of fused-ring (bicyclic) bond motifs is 5. The molecule has 0 atom stereocenters. The predicted molar refractivity (Wildman–Crippen MR) is 131 cm³/mol. The number of hydrogen-bond donors (Lipinski definition) is 0. The molecular formula is C29H29N2O+. The molecule has 5 aromatic rings. The van der Waals surface area contributed by atoms with Gasteiger partial charge in [-0.2, -0.15) is 0 Å². The summed E-state index contributed by atoms with van der Waals surface area (Å²) in [5.74, 6) is 0.0766. The first kappa shape index (κ1) is 17.4. The standard InChI is InChI=1S/C29H29N2O/c1-18-12-13-24-27-26(25-17-21(14-15-31(25)3)16-20-8-4-5-9-20)19(2)22-10-6-7-11-23(22)28(27)32-29(24)30-18/h6-7,10-15,17,20H,4-5,8-9,16H2,1-3H3/q+1/i16D2. The van der Waals surface area contributed by atoms with E-state index in [4.69, 9.17) is 7.16 Å². The minimum Gasteiger partial charge on any atom is -0.437 e. The maximum absolute atomic E-state index is 9.00. The molecule has 3 heteroatoms. The van der Waals surface area contributed by atoms with E-state index in [-0.39, 0.29) is 5.92 Å². The lowest BCUT2D eigenvalue weighted by Gasteiger charge is -2.13. The zero-order chi connectivity index (χ0) is 23.6. The molecular weight excluding hydrogens is 392 g/mol. The Kier molecular flexibility index (Phi) is 4.04. The van der Waals surface area contributed by atoms with Crippen LogP contribution in [-0.4, -0.2) is 4.98 Å². The third-order valence-corrected chi connectivity index (χ3v) is 7.03. The van der Waals surface area contributed by atoms with E-state index < -0.39 is 6.37 Å². The molecule has 3 heterocycles. The predicted octanol–water partition coefficient (Wildman–Crippen LogP) is 6.98. The minimum atomic E-state index is -1.35. The molecule has 1 aliphatic carbocycles. The Bertz CT molecular complexity index is 1580. The molecule has 0 saturated heterocycles. The van der Waals surface area contributed by atoms with Crippen molar-refractivity contribution >= 4 is 32.8 Å². The lowest BCUT2D eigenvalue weighted by molar-refractivity contribution is -0.660. The largest absolute Gasteiger partial charge is 0.437 e. The van der Waals surface area contributed by atoms with Crippen molar-refractivity contribution in [3.8, 4) is 11.3 Å². The molecule has 1 aliphatic rings. The molecule has 160 valence electrons. The molecule has 0 radical (unpaired) electrons. The first-order chi connectivity index (χ1) is 16.4. The molecule has 1 saturated carbocycles. The molecule has 1 fully saturated rings. The highest BCUT2D eigenvalue weighted by Gasteiger charge is 2.25. The summed E-state index contributed by atoms with van der Waals surface area (Å²) in [6, 6.07) is 16.5. The Balaban J connectivity index is 1.70. The maximum Gasteiger partial charge on any atom is 0.227 e. The summed E-state index contributed by atoms with van der Waals surface area (Å²) < 4.78 is 26.5. The quantitative estimate of drug-likeness (QED) is 0.293. The Morgan fingerprint density at radius 1 is 1.03 bits per heavy atom. The third-order valence-electron chi connectivity index (χ3n) is 7.03. The minimum absolute atomic E-state index is 0.0766. The van der Waals surface area contributed by atoms with Crippen LogP contribution in [0.4, 0.5) is 0 Å². The average molecular weight is 424 g/mol. The number of rotatable bonds is 3. The van der Waals surface area contributed by atoms with Crippen molar-refractivity contribution in [2.24, 2.45) is 13.0 Å². The molecule has 6 rings (SSSR count). The van der Waals surface area contributed by atoms with Crippen LogP contribution in [0.2, 0.25) is 0 Å². The summed E-state index contributed by atoms with van der Waals surface area (Å²) >= 11 is 0. The highest BCUT2D eigenvalue weighted by Crippen LogP contribution is 2.42. The number of furan rings is 1. The summed E-state index contributed by atoms with van der Waals surface area (Å²) in [4.78, 5) is 4.68. The normalized spacial score (nSPS) is 16.2. The fourth-order valence-corrected chi connectivity index (χ4v) is 5.37. The van der Waals surface area contributed by atoms with E-state index in [0.717, 1.165) is 75.3 Å². The zero-order valence-electron chi connectivity index (χ0n) is 20.9. The monoisotopic (exact) mass is 423 g/mol. The Morgan fingerprint density at radius 2 is 1.81 bits per heavy atom. The van der Waals surface area contributed by atoms with Crippen molar-refractivity contribution in [3.05, 3.63) is 71.5 Å². The first-order valence-corrected chi connectivity index (χ1v) is 11.6. The summed E-state index contributed by atoms with van der Waals surface area (Å²) in [5.41, 5.74) is 6.42. The van der Waals surface area contributed by atoms with Gasteiger partial charge in [-0.15, -0.1) is 0 Å². The van der Waals surface area contributed by atoms with Gasteiger partial charge in [-0.25, -0.2) is 9.55 Å². The molecule has 3 aromatic heterocycles. The SMILES string of the molecule is [2H]C([2H])(c1cc[n+](C)c(-c2c(C)c3ccccc3c3oc4nc(C)ccc4c23)c1)C1CCCC1. The van der Waals surface area contributed by atoms with Gasteiger partial charge in [0.15, 0.2) is 6.20 Å². The van der Waals surface area contributed by atoms with Crippen LogP contribution in [0, 0.1) is 19.8 Å². The van der Waals surface area contributed by atoms with Crippen LogP contribution in [0.1, 0.15) is 45.2 Å². The molecule has 0 amide bonds. The topological polar surface area (TPSA) is 29.9 Å². The van der Waals surface area contributed by atoms with Crippen LogP contribution in [0.25, 0.3) is 44.1 Å². The summed E-state index contributed by atoms with van der Waals surface area (Å²) in [6.07, 6.45) is 4.81. The van der Waals surface area contributed by atoms with Crippen molar-refractivity contribution in [2.45, 2.75) is 45.9 Å². The van der Waals surface area contributed by atoms with Gasteiger partial charge >= 0.3 is 0 Å². The van der Waals surface area contributed by atoms with E-state index >= 15 is 0 Å². The van der Waals surface area contributed by atoms with Crippen molar-refractivity contribution in [1.82, 2.24) is 4.98 Å². The lowest BCUT2D eigenvalue weighted by atomic mass is 9.91. The van der Waals surface area contributed by atoms with Gasteiger partial charge in [-0.1, -0.05) is 49.9 Å². The van der Waals surface area contributed by atoms with Gasteiger partial charge in [0.1, 0.15) is 12.6 Å². The van der Waals surface area contributed by atoms with Crippen LogP contribution in [0.5, 0.6) is 0 Å². The molecule has 0 bridgehead atoms. The van der Waals surface area contributed by atoms with Crippen LogP contribution in [0.15, 0.2) is 59.1 Å². The van der Waals surface area contributed by atoms with Crippen LogP contribution in [-0.2, 0) is 13.4 Å². The molecule has 0 unspecified atom stereocenters. The fraction of sp³-hybridized carbons (Fsp3) is 0.310. The smallest absolute Gasteiger partial charge is 0.227 e. The number of nitrogens with zero attached hydrogens (tertiary/aromatic N) is 2. The molecule has 2 aromatic carbocycles. The molecule has 0 aliphatic heterocycles. The average Bonchev–Trinajstić information content (AvgIpc) is 3.49. The zero-order valence-corrected chi connectivity index (χ0v) is 18.9. The van der Waals surface area contributed by atoms with Gasteiger partial charge < -0.3 is 4.42 Å². The van der Waals surface area contributed by atoms with Gasteiger partial charge in [0, 0.05) is 36.7 Å². The second kappa shape index (κ2) is 7.44. The van der Waals surface area contributed by atoms with Crippen LogP contribution in [0.3, 0.4) is 0 Å². The number of aromatic nitrogens is 2. The van der Waals surface area contributed by atoms with Crippen LogP contribution < -0.4 is 4.57 Å². The number of aryl methyl sites for hydroxylation is 3. The molecule has 32 heavy (non-hydrogen) atoms. The number of hydrogen-bond acceptors (Lipinski definition) is 2. The van der Waals surface area contributed by atoms with Crippen molar-refractivity contribution in [2.75, 3.05) is 0 Å². The van der Waals surface area contributed by atoms with Gasteiger partial charge in [0.25, 0.3) is 0 Å². The fourth-order valence-electron chi connectivity index (χ4n) is 5.37. The Morgan fingerprint density at radius 3 is 2.62 bits per heavy atom. The van der Waals surface area contributed by atoms with E-state index in [2.05, 4.69) is 46.8 Å². The van der Waals surface area contributed by atoms with Crippen LogP contribution >= 0.6 is 0 Å². The second-order valence-electron chi connectivity index (χ2n) is 9.19. The molecule has 0 N–H and O–H groups in total. The first-order valence-electron chi connectivity index (χ1n) is 12.6. The summed E-state index contributed by atoms with van der Waals surface area (Å²) in [5, 5.41) is 4.26. The van der Waals surface area contributed by atoms with Gasteiger partial charge in [-0.05, 0) is 54.8 Å². The Hall–Kier alpha value is -3.20. The Labute approximate surface area is 191 Å². The number of pyridine rings is 2. The van der Waals surface area contributed by atoms with Crippen molar-refractivity contribution in [3.63, 3.8) is 0 Å². The van der Waals surface area contributed by atoms with Gasteiger partial charge in [-0.3, -0.25) is 0 Å². The molecule has 0 spiro atoms. The lowest BCUT2D eigenvalue weighted by Crippen LogP contribution is -2.31. The van der Waals surface area contributed by atoms with E-state index in [9.17, 15) is 0 Å². The second-order valence-corrected chi connectivity index (χ2v) is 9.19. The molecule has 3 nitrogen and oxygen atoms in total. The van der Waals surface area contributed by atoms with E-state index in [1.54, 1.807) is 0 Å². The van der Waals surface area contributed by atoms with E-state index in [1.165, 1.54) is 5.56 Å². The van der Waals surface area contributed by atoms with E-state index in [0.29, 0.717) is 5.71 Å². The summed E-state index contributed by atoms with van der Waals surface area (Å²) in [6.45, 7) is 4.14. The van der Waals surface area contributed by atoms with E-state index in [1.807, 2.05) is 38.4 Å². The highest BCUT2D eigenvalue weighted by molar-refractivity contribution is 6.21. The van der Waals surface area contributed by atoms with Crippen molar-refractivity contribution < 1.29 is 11.7 Å². The van der Waals surface area contributed by atoms with Gasteiger partial charge in [0.05, 0.1) is 5.56 Å². The third kappa shape index (κ3) is 3.02. The number of benzene rings is 2.